The lowest BCUT2D eigenvalue weighted by molar-refractivity contribution is -0.146. The molecule has 208 valence electrons. The lowest BCUT2D eigenvalue weighted by Gasteiger charge is -2.24. The van der Waals surface area contributed by atoms with E-state index in [1.807, 2.05) is 96.1 Å². The summed E-state index contributed by atoms with van der Waals surface area (Å²) in [6, 6.07) is 30.4. The van der Waals surface area contributed by atoms with Gasteiger partial charge < -0.3 is 10.1 Å². The largest absolute Gasteiger partial charge is 0.453 e. The van der Waals surface area contributed by atoms with Crippen molar-refractivity contribution in [3.63, 3.8) is 0 Å². The van der Waals surface area contributed by atoms with Gasteiger partial charge in [0, 0.05) is 23.2 Å². The van der Waals surface area contributed by atoms with E-state index in [1.54, 1.807) is 0 Å². The van der Waals surface area contributed by atoms with Crippen molar-refractivity contribution in [1.29, 1.82) is 0 Å². The van der Waals surface area contributed by atoms with E-state index in [9.17, 15) is 9.59 Å². The summed E-state index contributed by atoms with van der Waals surface area (Å²) in [7, 11) is 0. The van der Waals surface area contributed by atoms with Crippen molar-refractivity contribution in [2.45, 2.75) is 66.4 Å². The number of hydrogen-bond donors (Lipinski definition) is 1. The van der Waals surface area contributed by atoms with E-state index in [4.69, 9.17) is 4.74 Å². The van der Waals surface area contributed by atoms with Crippen LogP contribution in [-0.2, 0) is 19.7 Å². The van der Waals surface area contributed by atoms with Crippen LogP contribution >= 0.6 is 0 Å². The quantitative estimate of drug-likeness (QED) is 0.259. The van der Waals surface area contributed by atoms with Gasteiger partial charge in [-0.3, -0.25) is 9.59 Å². The Morgan fingerprint density at radius 1 is 0.900 bits per heavy atom. The van der Waals surface area contributed by atoms with Gasteiger partial charge in [-0.2, -0.15) is 0 Å². The summed E-state index contributed by atoms with van der Waals surface area (Å²) in [4.78, 5) is 23.7. The lowest BCUT2D eigenvalue weighted by atomic mass is 9.86. The molecule has 0 aliphatic carbocycles. The second-order valence-electron chi connectivity index (χ2n) is 9.98. The highest BCUT2D eigenvalue weighted by Crippen LogP contribution is 2.38. The molecular weight excluding hydrogens is 494 g/mol. The Morgan fingerprint density at radius 2 is 1.52 bits per heavy atom. The molecule has 4 aromatic rings. The smallest absolute Gasteiger partial charge is 0.306 e. The minimum atomic E-state index is -0.431. The first-order valence-electron chi connectivity index (χ1n) is 14.1. The Kier molecular flexibility index (Phi) is 10.4. The molecule has 0 fully saturated rings. The van der Waals surface area contributed by atoms with Crippen LogP contribution in [0.5, 0.6) is 0 Å². The summed E-state index contributed by atoms with van der Waals surface area (Å²) in [5.41, 5.74) is 5.98. The topological polar surface area (TPSA) is 55.4 Å². The zero-order valence-electron chi connectivity index (χ0n) is 24.7. The van der Waals surface area contributed by atoms with Gasteiger partial charge >= 0.3 is 5.97 Å². The van der Waals surface area contributed by atoms with Crippen LogP contribution in [0.4, 0.5) is 5.69 Å². The third-order valence-electron chi connectivity index (χ3n) is 7.11. The van der Waals surface area contributed by atoms with Crippen LogP contribution in [0, 0.1) is 6.92 Å². The molecule has 1 aliphatic heterocycles. The van der Waals surface area contributed by atoms with Crippen molar-refractivity contribution in [3.05, 3.63) is 119 Å². The number of aryl methyl sites for hydroxylation is 1. The monoisotopic (exact) mass is 535 g/mol. The molecule has 4 nitrogen and oxygen atoms in total. The minimum Gasteiger partial charge on any atom is -0.453 e. The molecule has 1 atom stereocenters. The molecule has 1 amide bonds. The van der Waals surface area contributed by atoms with Gasteiger partial charge in [0.05, 0.1) is 5.41 Å². The molecule has 4 aromatic carbocycles. The summed E-state index contributed by atoms with van der Waals surface area (Å²) in [6.07, 6.45) is 1.98. The van der Waals surface area contributed by atoms with Crippen LogP contribution in [0.2, 0.25) is 0 Å². The number of anilines is 1. The molecule has 0 saturated carbocycles. The summed E-state index contributed by atoms with van der Waals surface area (Å²) in [5, 5.41) is 5.10. The fourth-order valence-corrected chi connectivity index (χ4v) is 4.87. The summed E-state index contributed by atoms with van der Waals surface area (Å²) in [6.45, 7) is 13.8. The summed E-state index contributed by atoms with van der Waals surface area (Å²) >= 11 is 0. The van der Waals surface area contributed by atoms with E-state index in [0.29, 0.717) is 6.42 Å². The van der Waals surface area contributed by atoms with Crippen molar-refractivity contribution >= 4 is 33.9 Å². The van der Waals surface area contributed by atoms with Gasteiger partial charge in [-0.25, -0.2) is 0 Å². The number of nitrogens with one attached hydrogen (secondary N) is 1. The van der Waals surface area contributed by atoms with Crippen molar-refractivity contribution in [1.82, 2.24) is 0 Å². The van der Waals surface area contributed by atoms with Crippen molar-refractivity contribution in [2.75, 3.05) is 5.32 Å². The maximum absolute atomic E-state index is 12.2. The molecule has 1 heterocycles. The third-order valence-corrected chi connectivity index (χ3v) is 7.11. The van der Waals surface area contributed by atoms with Crippen molar-refractivity contribution in [3.8, 4) is 0 Å². The highest BCUT2D eigenvalue weighted by Gasteiger charge is 2.37. The number of carbonyl (C=O) groups is 2. The molecule has 0 saturated heterocycles. The zero-order chi connectivity index (χ0) is 29.3. The Labute approximate surface area is 239 Å². The Hall–Kier alpha value is -4.18. The van der Waals surface area contributed by atoms with Crippen molar-refractivity contribution in [2.24, 2.45) is 0 Å². The normalized spacial score (nSPS) is 14.1. The molecular formula is C36H41NO3. The van der Waals surface area contributed by atoms with Crippen LogP contribution in [0.1, 0.15) is 76.3 Å². The van der Waals surface area contributed by atoms with Crippen LogP contribution in [0.25, 0.3) is 16.3 Å². The van der Waals surface area contributed by atoms with Crippen LogP contribution in [-0.4, -0.2) is 11.9 Å². The molecule has 0 aromatic heterocycles. The standard InChI is InChI=1S/C24H24O2.C10H11NO.C2H6/c1-4-19(20-14-8-6-11-17(20)3)24(26-23(25)5-2)22-16-10-13-18-12-7-9-15-21(18)22;1-10(2)7-5-3-4-6-8(7)11-9(10)12;1-2/h4,6-16,24H,5H2,1-3H3;3-6H,1-2H3,(H,11,12);1-2H3/b19-4+;;. The Balaban J connectivity index is 0.000000262. The number of hydrogen-bond acceptors (Lipinski definition) is 3. The molecule has 5 rings (SSSR count). The molecule has 40 heavy (non-hydrogen) atoms. The SMILES string of the molecule is C/C=C(\c1ccccc1C)C(OC(=O)CC)c1cccc2ccccc12.CC.CC1(C)C(=O)Nc2ccccc21. The molecule has 0 radical (unpaired) electrons. The van der Waals surface area contributed by atoms with E-state index in [2.05, 4.69) is 54.7 Å². The second-order valence-corrected chi connectivity index (χ2v) is 9.98. The predicted octanol–water partition coefficient (Wildman–Crippen LogP) is 9.19. The van der Waals surface area contributed by atoms with Gasteiger partial charge in [0.1, 0.15) is 0 Å². The minimum absolute atomic E-state index is 0.0868. The van der Waals surface area contributed by atoms with Gasteiger partial charge in [-0.1, -0.05) is 112 Å². The first kappa shape index (κ1) is 30.4. The van der Waals surface area contributed by atoms with Gasteiger partial charge in [0.25, 0.3) is 0 Å². The Bertz CT molecular complexity index is 1490. The zero-order valence-corrected chi connectivity index (χ0v) is 24.7. The maximum Gasteiger partial charge on any atom is 0.306 e. The maximum atomic E-state index is 12.2. The van der Waals surface area contributed by atoms with E-state index in [0.717, 1.165) is 38.7 Å². The molecule has 0 spiro atoms. The molecule has 1 aliphatic rings. The van der Waals surface area contributed by atoms with Gasteiger partial charge in [0.2, 0.25) is 5.91 Å². The first-order chi connectivity index (χ1) is 19.3. The number of ether oxygens (including phenoxy) is 1. The number of amides is 1. The number of benzene rings is 4. The van der Waals surface area contributed by atoms with E-state index in [-0.39, 0.29) is 17.3 Å². The number of esters is 1. The lowest BCUT2D eigenvalue weighted by Crippen LogP contribution is -2.26. The summed E-state index contributed by atoms with van der Waals surface area (Å²) < 4.78 is 5.95. The number of rotatable bonds is 5. The number of para-hydroxylation sites is 1. The van der Waals surface area contributed by atoms with Crippen LogP contribution in [0.15, 0.2) is 97.1 Å². The van der Waals surface area contributed by atoms with E-state index < -0.39 is 6.10 Å². The van der Waals surface area contributed by atoms with Crippen LogP contribution in [0.3, 0.4) is 0 Å². The van der Waals surface area contributed by atoms with Gasteiger partial charge in [-0.15, -0.1) is 0 Å². The number of allylic oxidation sites excluding steroid dienone is 1. The fourth-order valence-electron chi connectivity index (χ4n) is 4.87. The van der Waals surface area contributed by atoms with Gasteiger partial charge in [0.15, 0.2) is 6.10 Å². The molecule has 1 N–H and O–H groups in total. The molecule has 1 unspecified atom stereocenters. The van der Waals surface area contributed by atoms with E-state index >= 15 is 0 Å². The summed E-state index contributed by atoms with van der Waals surface area (Å²) in [5.74, 6) is -0.112. The first-order valence-corrected chi connectivity index (χ1v) is 14.1. The predicted molar refractivity (Wildman–Crippen MR) is 167 cm³/mol. The number of carbonyl (C=O) groups excluding carboxylic acids is 2. The van der Waals surface area contributed by atoms with Gasteiger partial charge in [-0.05, 0) is 61.2 Å². The highest BCUT2D eigenvalue weighted by molar-refractivity contribution is 6.05. The van der Waals surface area contributed by atoms with E-state index in [1.165, 1.54) is 5.56 Å². The Morgan fingerprint density at radius 3 is 2.20 bits per heavy atom. The average Bonchev–Trinajstić information content (AvgIpc) is 3.22. The third kappa shape index (κ3) is 6.51. The fraction of sp³-hybridized carbons (Fsp3) is 0.278. The van der Waals surface area contributed by atoms with Crippen LogP contribution < -0.4 is 5.32 Å². The number of fused-ring (bicyclic) bond motifs is 2. The highest BCUT2D eigenvalue weighted by atomic mass is 16.5. The average molecular weight is 536 g/mol. The van der Waals surface area contributed by atoms with Crippen molar-refractivity contribution < 1.29 is 14.3 Å². The second kappa shape index (κ2) is 13.7. The molecule has 0 bridgehead atoms. The molecule has 4 heteroatoms.